The quantitative estimate of drug-likeness (QED) is 0.108. The molecule has 4 aromatic heterocycles. The summed E-state index contributed by atoms with van der Waals surface area (Å²) in [6.07, 6.45) is -11.3. The van der Waals surface area contributed by atoms with Gasteiger partial charge in [-0.15, -0.1) is 90.0 Å². The first-order valence-corrected chi connectivity index (χ1v) is 20.8. The number of furan rings is 1. The normalized spacial score (nSPS) is 17.9. The summed E-state index contributed by atoms with van der Waals surface area (Å²) in [5.74, 6) is -1.15. The van der Waals surface area contributed by atoms with Crippen LogP contribution in [0, 0.1) is 29.5 Å². The first-order valence-electron chi connectivity index (χ1n) is 27.8. The minimum atomic E-state index is -3.17. The molecule has 6 heteroatoms. The summed E-state index contributed by atoms with van der Waals surface area (Å²) in [4.78, 5) is 13.3. The van der Waals surface area contributed by atoms with Gasteiger partial charge in [0.25, 0.3) is 0 Å². The van der Waals surface area contributed by atoms with E-state index in [0.717, 1.165) is 43.7 Å². The molecule has 9 aromatic rings. The van der Waals surface area contributed by atoms with Crippen LogP contribution >= 0.6 is 0 Å². The van der Waals surface area contributed by atoms with E-state index < -0.39 is 60.8 Å². The average molecular weight is 1020 g/mol. The molecule has 0 spiro atoms. The maximum absolute atomic E-state index is 10.2. The van der Waals surface area contributed by atoms with Crippen molar-refractivity contribution in [2.45, 2.75) is 76.2 Å². The number of fused-ring (bicyclic) bond motifs is 3. The molecule has 5 aromatic carbocycles. The second-order valence-electron chi connectivity index (χ2n) is 15.2. The van der Waals surface area contributed by atoms with Gasteiger partial charge in [-0.25, -0.2) is 0 Å². The van der Waals surface area contributed by atoms with E-state index in [2.05, 4.69) is 39.2 Å². The zero-order valence-electron chi connectivity index (χ0n) is 48.3. The molecule has 1 aliphatic carbocycles. The number of hydrogen-bond donors (Lipinski definition) is 0. The Balaban J connectivity index is 0.00000740. The summed E-state index contributed by atoms with van der Waals surface area (Å²) < 4.78 is 138. The van der Waals surface area contributed by atoms with Crippen molar-refractivity contribution in [3.63, 3.8) is 0 Å². The SMILES string of the molecule is [2H]c1cc2c(oc3c(-c4ccc(C([2H])([2H])C([2H])([2H])c5cc(C([2H])([2H])C([2H])([2H])c6ccc(-c7[c-]cccc7)nc6)cc(C([2H])([2H])C([2H])([2H])c6ccc(-c7[c-]cccc7)nc6)c5)cn4)[c-]ccc32)c(C2([2H])CCCCC2)c1C#N.[Ir+3]. The maximum Gasteiger partial charge on any atom is 3.00 e. The van der Waals surface area contributed by atoms with Crippen LogP contribution in [0.4, 0.5) is 0 Å². The van der Waals surface area contributed by atoms with Gasteiger partial charge < -0.3 is 19.4 Å². The van der Waals surface area contributed by atoms with E-state index in [1.165, 1.54) is 48.8 Å². The van der Waals surface area contributed by atoms with E-state index >= 15 is 0 Å². The van der Waals surface area contributed by atoms with Crippen molar-refractivity contribution in [2.24, 2.45) is 0 Å². The van der Waals surface area contributed by atoms with Gasteiger partial charge in [0.2, 0.25) is 0 Å². The van der Waals surface area contributed by atoms with Gasteiger partial charge in [-0.3, -0.25) is 0 Å². The van der Waals surface area contributed by atoms with Crippen molar-refractivity contribution in [3.8, 4) is 39.8 Å². The number of nitriles is 1. The number of nitrogens with zero attached hydrogens (tertiary/aromatic N) is 4. The largest absolute Gasteiger partial charge is 3.00 e. The summed E-state index contributed by atoms with van der Waals surface area (Å²) >= 11 is 0. The summed E-state index contributed by atoms with van der Waals surface area (Å²) in [5.41, 5.74) is 1.17. The Bertz CT molecular complexity index is 3590. The zero-order chi connectivity index (χ0) is 54.9. The van der Waals surface area contributed by atoms with Crippen molar-refractivity contribution in [1.29, 1.82) is 5.26 Å². The molecule has 0 unspecified atom stereocenters. The predicted molar refractivity (Wildman–Crippen MR) is 252 cm³/mol. The number of rotatable bonds is 13. The second-order valence-corrected chi connectivity index (χ2v) is 15.2. The van der Waals surface area contributed by atoms with Crippen molar-refractivity contribution in [3.05, 3.63) is 209 Å². The van der Waals surface area contributed by atoms with Crippen LogP contribution in [0.3, 0.4) is 0 Å². The van der Waals surface area contributed by atoms with E-state index in [-0.39, 0.29) is 54.1 Å². The van der Waals surface area contributed by atoms with E-state index in [0.29, 0.717) is 68.4 Å². The molecule has 0 amide bonds. The second kappa shape index (κ2) is 19.9. The Hall–Kier alpha value is -6.51. The number of aromatic nitrogens is 3. The molecular formula is C58H47IrN4O. The molecule has 5 nitrogen and oxygen atoms in total. The van der Waals surface area contributed by atoms with Gasteiger partial charge in [0, 0.05) is 47.4 Å². The monoisotopic (exact) mass is 1020 g/mol. The van der Waals surface area contributed by atoms with E-state index in [1.54, 1.807) is 66.7 Å². The fourth-order valence-electron chi connectivity index (χ4n) is 7.84. The fraction of sp³-hybridized carbons (Fsp3) is 0.207. The van der Waals surface area contributed by atoms with Crippen LogP contribution < -0.4 is 0 Å². The molecule has 0 radical (unpaired) electrons. The number of hydrogen-bond acceptors (Lipinski definition) is 5. The topological polar surface area (TPSA) is 75.6 Å². The molecule has 10 rings (SSSR count). The van der Waals surface area contributed by atoms with Crippen LogP contribution in [0.15, 0.2) is 150 Å². The van der Waals surface area contributed by atoms with Crippen LogP contribution in [-0.4, -0.2) is 15.0 Å². The standard InChI is InChI=1S/C58H47N4O.Ir/c59-36-49-28-29-51-50-17-10-18-52(57(50)63-58(51)56(49)48-15-8-3-9-16-48)55-32-27-42(39-62-55)21-24-45-34-43(22-19-40-25-30-53(60-37-40)46-11-4-1-5-12-46)33-44(35-45)23-20-41-26-31-54(61-38-41)47-13-6-2-7-14-47;/h1-2,4-7,10-11,13,17,25-35,37-39,48H,3,8-9,15-16,19-24H2;/q-3;+3/i19D2,20D2,21D2,22D2,23D2,24D2,28D,48D;. The third kappa shape index (κ3) is 9.53. The molecule has 0 bridgehead atoms. The Morgan fingerprint density at radius 3 is 1.59 bits per heavy atom. The van der Waals surface area contributed by atoms with Gasteiger partial charge in [0.1, 0.15) is 5.58 Å². The fourth-order valence-corrected chi connectivity index (χ4v) is 7.84. The van der Waals surface area contributed by atoms with Crippen molar-refractivity contribution in [2.75, 3.05) is 0 Å². The molecule has 1 fully saturated rings. The third-order valence-corrected chi connectivity index (χ3v) is 11.0. The van der Waals surface area contributed by atoms with E-state index in [1.807, 2.05) is 0 Å². The van der Waals surface area contributed by atoms with Gasteiger partial charge in [0.05, 0.1) is 18.6 Å². The first-order chi connectivity index (χ1) is 36.4. The molecule has 64 heavy (non-hydrogen) atoms. The molecular weight excluding hydrogens is 961 g/mol. The number of aryl methyl sites for hydroxylation is 6. The van der Waals surface area contributed by atoms with Gasteiger partial charge in [-0.2, -0.15) is 5.26 Å². The predicted octanol–water partition coefficient (Wildman–Crippen LogP) is 13.4. The Kier molecular flexibility index (Phi) is 9.03. The van der Waals surface area contributed by atoms with Crippen LogP contribution in [0.2, 0.25) is 0 Å². The summed E-state index contributed by atoms with van der Waals surface area (Å²) in [5, 5.41) is 11.3. The minimum absolute atomic E-state index is 0. The van der Waals surface area contributed by atoms with Gasteiger partial charge >= 0.3 is 20.1 Å². The Labute approximate surface area is 409 Å². The summed E-state index contributed by atoms with van der Waals surface area (Å²) in [7, 11) is 0. The van der Waals surface area contributed by atoms with Gasteiger partial charge in [0.15, 0.2) is 0 Å². The van der Waals surface area contributed by atoms with Crippen molar-refractivity contribution < 1.29 is 43.7 Å². The molecule has 1 saturated carbocycles. The molecule has 4 heterocycles. The summed E-state index contributed by atoms with van der Waals surface area (Å²) in [6, 6.07) is 41.5. The number of benzene rings is 5. The first kappa shape index (κ1) is 29.0. The summed E-state index contributed by atoms with van der Waals surface area (Å²) in [6.45, 7) is 0. The molecule has 1 aliphatic rings. The van der Waals surface area contributed by atoms with Crippen LogP contribution in [0.25, 0.3) is 55.7 Å². The van der Waals surface area contributed by atoms with E-state index in [4.69, 9.17) is 5.79 Å². The minimum Gasteiger partial charge on any atom is -0.500 e. The van der Waals surface area contributed by atoms with E-state index in [9.17, 15) is 23.1 Å². The molecule has 314 valence electrons. The van der Waals surface area contributed by atoms with Crippen LogP contribution in [0.5, 0.6) is 0 Å². The molecule has 0 atom stereocenters. The van der Waals surface area contributed by atoms with Crippen LogP contribution in [-0.2, 0) is 58.3 Å². The molecule has 0 N–H and O–H groups in total. The molecule has 0 aliphatic heterocycles. The van der Waals surface area contributed by atoms with Gasteiger partial charge in [-0.1, -0.05) is 90.9 Å². The third-order valence-electron chi connectivity index (χ3n) is 11.0. The Morgan fingerprint density at radius 1 is 0.594 bits per heavy atom. The number of pyridine rings is 3. The van der Waals surface area contributed by atoms with Crippen molar-refractivity contribution >= 4 is 21.9 Å². The van der Waals surface area contributed by atoms with Crippen molar-refractivity contribution in [1.82, 2.24) is 15.0 Å². The van der Waals surface area contributed by atoms with Gasteiger partial charge in [-0.05, 0) is 113 Å². The Morgan fingerprint density at radius 2 is 1.11 bits per heavy atom. The molecule has 0 saturated heterocycles. The average Bonchev–Trinajstić information content (AvgIpc) is 3.98. The smallest absolute Gasteiger partial charge is 0.500 e. The van der Waals surface area contributed by atoms with Crippen LogP contribution in [0.1, 0.15) is 102 Å². The zero-order valence-corrected chi connectivity index (χ0v) is 36.7. The maximum atomic E-state index is 10.2.